The standard InChI is InChI=1S/C34H39FN2O8/c1-4-21-7-6-8-22(5-2)31(21)36-29(38)18-37-17-26(24-15-27(35)33-28(16-24)44-20-45-33)30(34(39)40)32(37)23-9-11-25(12-10-23)43-19-42-14-13-41-3/h6-12,15-16,26,30,32H,4-5,13-14,17-20H2,1-3H3,(H,36,38)(H,39,40)/t26-,30?,32+/m1/s1. The Balaban J connectivity index is 1.44. The second-order valence-corrected chi connectivity index (χ2v) is 11.0. The highest BCUT2D eigenvalue weighted by Gasteiger charge is 2.48. The monoisotopic (exact) mass is 622 g/mol. The first kappa shape index (κ1) is 32.2. The zero-order chi connectivity index (χ0) is 31.9. The first-order valence-electron chi connectivity index (χ1n) is 15.1. The maximum atomic E-state index is 15.0. The van der Waals surface area contributed by atoms with Crippen LogP contribution in [0.5, 0.6) is 17.2 Å². The van der Waals surface area contributed by atoms with E-state index in [2.05, 4.69) is 5.32 Å². The largest absolute Gasteiger partial charge is 0.481 e. The predicted molar refractivity (Wildman–Crippen MR) is 164 cm³/mol. The van der Waals surface area contributed by atoms with E-state index >= 15 is 0 Å². The zero-order valence-corrected chi connectivity index (χ0v) is 25.7. The Bertz CT molecular complexity index is 1480. The van der Waals surface area contributed by atoms with Gasteiger partial charge in [-0.3, -0.25) is 14.5 Å². The van der Waals surface area contributed by atoms with Crippen LogP contribution in [0.4, 0.5) is 10.1 Å². The summed E-state index contributed by atoms with van der Waals surface area (Å²) in [6.45, 7) is 4.97. The van der Waals surface area contributed by atoms with Gasteiger partial charge in [0.15, 0.2) is 18.4 Å². The normalized spacial score (nSPS) is 19.1. The fraction of sp³-hybridized carbons (Fsp3) is 0.412. The number of carbonyl (C=O) groups excluding carboxylic acids is 1. The number of halogens is 1. The van der Waals surface area contributed by atoms with Gasteiger partial charge in [-0.1, -0.05) is 44.2 Å². The molecule has 3 aromatic rings. The number of aryl methyl sites for hydroxylation is 2. The van der Waals surface area contributed by atoms with Gasteiger partial charge in [-0.05, 0) is 59.4 Å². The molecule has 2 aliphatic heterocycles. The summed E-state index contributed by atoms with van der Waals surface area (Å²) in [7, 11) is 1.59. The Morgan fingerprint density at radius 3 is 2.42 bits per heavy atom. The van der Waals surface area contributed by atoms with Crippen molar-refractivity contribution in [3.8, 4) is 17.2 Å². The first-order valence-corrected chi connectivity index (χ1v) is 15.1. The molecule has 1 amide bonds. The highest BCUT2D eigenvalue weighted by molar-refractivity contribution is 5.94. The number of amides is 1. The topological polar surface area (TPSA) is 116 Å². The second kappa shape index (κ2) is 14.7. The van der Waals surface area contributed by atoms with Crippen molar-refractivity contribution in [2.24, 2.45) is 5.92 Å². The highest BCUT2D eigenvalue weighted by Crippen LogP contribution is 2.48. The van der Waals surface area contributed by atoms with Crippen LogP contribution in [0.2, 0.25) is 0 Å². The minimum atomic E-state index is -1.05. The number of carboxylic acid groups (broad SMARTS) is 1. The van der Waals surface area contributed by atoms with Crippen molar-refractivity contribution in [3.63, 3.8) is 0 Å². The van der Waals surface area contributed by atoms with E-state index < -0.39 is 29.7 Å². The summed E-state index contributed by atoms with van der Waals surface area (Å²) >= 11 is 0. The van der Waals surface area contributed by atoms with Crippen molar-refractivity contribution in [3.05, 3.63) is 82.7 Å². The van der Waals surface area contributed by atoms with Gasteiger partial charge < -0.3 is 34.1 Å². The molecule has 45 heavy (non-hydrogen) atoms. The lowest BCUT2D eigenvalue weighted by atomic mass is 9.82. The van der Waals surface area contributed by atoms with E-state index in [9.17, 15) is 19.1 Å². The van der Waals surface area contributed by atoms with Crippen LogP contribution in [-0.4, -0.2) is 68.9 Å². The number of nitrogens with one attached hydrogen (secondary N) is 1. The van der Waals surface area contributed by atoms with Crippen LogP contribution in [0.1, 0.15) is 48.1 Å². The molecule has 10 nitrogen and oxygen atoms in total. The molecule has 0 bridgehead atoms. The third-order valence-corrected chi connectivity index (χ3v) is 8.33. The number of carbonyl (C=O) groups is 2. The van der Waals surface area contributed by atoms with Crippen LogP contribution in [-0.2, 0) is 31.9 Å². The number of likely N-dealkylation sites (tertiary alicyclic amines) is 1. The van der Waals surface area contributed by atoms with E-state index in [0.717, 1.165) is 29.7 Å². The second-order valence-electron chi connectivity index (χ2n) is 11.0. The number of fused-ring (bicyclic) bond motifs is 1. The maximum absolute atomic E-state index is 15.0. The lowest BCUT2D eigenvalue weighted by molar-refractivity contribution is -0.143. The molecule has 0 saturated carbocycles. The average Bonchev–Trinajstić information content (AvgIpc) is 3.67. The molecule has 0 aliphatic carbocycles. The van der Waals surface area contributed by atoms with E-state index in [1.165, 1.54) is 6.07 Å². The van der Waals surface area contributed by atoms with Crippen LogP contribution >= 0.6 is 0 Å². The van der Waals surface area contributed by atoms with Crippen LogP contribution in [0.15, 0.2) is 54.6 Å². The fourth-order valence-electron chi connectivity index (χ4n) is 6.17. The quantitative estimate of drug-likeness (QED) is 0.186. The molecule has 0 spiro atoms. The molecule has 5 rings (SSSR count). The molecule has 3 atom stereocenters. The van der Waals surface area contributed by atoms with Crippen molar-refractivity contribution >= 4 is 17.6 Å². The van der Waals surface area contributed by atoms with Crippen molar-refractivity contribution < 1.29 is 42.8 Å². The van der Waals surface area contributed by atoms with Crippen molar-refractivity contribution in [2.45, 2.75) is 38.6 Å². The Labute approximate surface area is 262 Å². The van der Waals surface area contributed by atoms with Gasteiger partial charge in [0.1, 0.15) is 5.75 Å². The van der Waals surface area contributed by atoms with Gasteiger partial charge in [-0.2, -0.15) is 0 Å². The Hall–Kier alpha value is -4.19. The predicted octanol–water partition coefficient (Wildman–Crippen LogP) is 5.16. The maximum Gasteiger partial charge on any atom is 0.309 e. The number of hydrogen-bond donors (Lipinski definition) is 2. The summed E-state index contributed by atoms with van der Waals surface area (Å²) in [5.74, 6) is -2.76. The highest BCUT2D eigenvalue weighted by atomic mass is 19.1. The summed E-state index contributed by atoms with van der Waals surface area (Å²) in [4.78, 5) is 28.4. The number of rotatable bonds is 14. The SMILES string of the molecule is CCc1cccc(CC)c1NC(=O)CN1C[C@H](c2cc(F)c3c(c2)OCO3)C(C(=O)O)[C@@H]1c1ccc(OCOCCOC)cc1. The lowest BCUT2D eigenvalue weighted by Gasteiger charge is -2.27. The van der Waals surface area contributed by atoms with E-state index in [0.29, 0.717) is 30.1 Å². The Morgan fingerprint density at radius 1 is 1.02 bits per heavy atom. The molecule has 240 valence electrons. The molecule has 1 fully saturated rings. The number of methoxy groups -OCH3 is 1. The van der Waals surface area contributed by atoms with Gasteiger partial charge in [0.05, 0.1) is 25.7 Å². The Kier molecular flexibility index (Phi) is 10.5. The van der Waals surface area contributed by atoms with Gasteiger partial charge >= 0.3 is 5.97 Å². The number of anilines is 1. The number of hydrogen-bond acceptors (Lipinski definition) is 8. The van der Waals surface area contributed by atoms with E-state index in [-0.39, 0.29) is 44.1 Å². The number of nitrogens with zero attached hydrogens (tertiary/aromatic N) is 1. The molecular weight excluding hydrogens is 583 g/mol. The van der Waals surface area contributed by atoms with Crippen LogP contribution in [0, 0.1) is 11.7 Å². The van der Waals surface area contributed by atoms with Crippen LogP contribution in [0.25, 0.3) is 0 Å². The summed E-state index contributed by atoms with van der Waals surface area (Å²) < 4.78 is 41.7. The molecule has 2 N–H and O–H groups in total. The van der Waals surface area contributed by atoms with Gasteiger partial charge in [-0.15, -0.1) is 0 Å². The third kappa shape index (κ3) is 7.22. The van der Waals surface area contributed by atoms with Gasteiger partial charge in [0.25, 0.3) is 0 Å². The molecule has 0 radical (unpaired) electrons. The van der Waals surface area contributed by atoms with Crippen LogP contribution < -0.4 is 19.5 Å². The minimum Gasteiger partial charge on any atom is -0.481 e. The summed E-state index contributed by atoms with van der Waals surface area (Å²) in [6.07, 6.45) is 1.50. The van der Waals surface area contributed by atoms with Crippen LogP contribution in [0.3, 0.4) is 0 Å². The molecule has 3 aromatic carbocycles. The number of para-hydroxylation sites is 1. The van der Waals surface area contributed by atoms with E-state index in [1.807, 2.05) is 36.9 Å². The Morgan fingerprint density at radius 2 is 1.76 bits per heavy atom. The van der Waals surface area contributed by atoms with Gasteiger partial charge in [0.2, 0.25) is 18.4 Å². The summed E-state index contributed by atoms with van der Waals surface area (Å²) in [6, 6.07) is 15.3. The molecule has 1 saturated heterocycles. The van der Waals surface area contributed by atoms with Crippen molar-refractivity contribution in [1.29, 1.82) is 0 Å². The summed E-state index contributed by atoms with van der Waals surface area (Å²) in [5, 5.41) is 13.7. The fourth-order valence-corrected chi connectivity index (χ4v) is 6.17. The van der Waals surface area contributed by atoms with Gasteiger partial charge in [0, 0.05) is 31.3 Å². The molecule has 11 heteroatoms. The smallest absolute Gasteiger partial charge is 0.309 e. The molecule has 2 heterocycles. The number of ether oxygens (including phenoxy) is 5. The van der Waals surface area contributed by atoms with E-state index in [4.69, 9.17) is 23.7 Å². The van der Waals surface area contributed by atoms with E-state index in [1.54, 1.807) is 37.4 Å². The first-order chi connectivity index (χ1) is 21.8. The molecule has 2 aliphatic rings. The number of aliphatic carboxylic acids is 1. The summed E-state index contributed by atoms with van der Waals surface area (Å²) in [5.41, 5.74) is 4.01. The average molecular weight is 623 g/mol. The zero-order valence-electron chi connectivity index (χ0n) is 25.7. The molecule has 1 unspecified atom stereocenters. The third-order valence-electron chi connectivity index (χ3n) is 8.33. The van der Waals surface area contributed by atoms with Gasteiger partial charge in [-0.25, -0.2) is 4.39 Å². The molecule has 0 aromatic heterocycles. The number of carboxylic acids is 1. The van der Waals surface area contributed by atoms with Crippen molar-refractivity contribution in [1.82, 2.24) is 4.90 Å². The molecular formula is C34H39FN2O8. The van der Waals surface area contributed by atoms with Crippen molar-refractivity contribution in [2.75, 3.05) is 52.3 Å². The number of benzene rings is 3. The lowest BCUT2D eigenvalue weighted by Crippen LogP contribution is -2.35. The minimum absolute atomic E-state index is 0.0134.